The highest BCUT2D eigenvalue weighted by Gasteiger charge is 2.36. The van der Waals surface area contributed by atoms with E-state index in [1.54, 1.807) is 0 Å². The summed E-state index contributed by atoms with van der Waals surface area (Å²) >= 11 is 0. The van der Waals surface area contributed by atoms with Crippen LogP contribution < -0.4 is 0 Å². The molecule has 0 radical (unpaired) electrons. The van der Waals surface area contributed by atoms with Gasteiger partial charge in [0.25, 0.3) is 0 Å². The van der Waals surface area contributed by atoms with Crippen LogP contribution in [0.3, 0.4) is 0 Å². The van der Waals surface area contributed by atoms with Gasteiger partial charge in [-0.25, -0.2) is 9.97 Å². The molecule has 0 amide bonds. The van der Waals surface area contributed by atoms with Crippen molar-refractivity contribution in [3.63, 3.8) is 0 Å². The highest BCUT2D eigenvalue weighted by atomic mass is 14.9. The molecule has 0 atom stereocenters. The second-order valence-electron chi connectivity index (χ2n) is 15.9. The summed E-state index contributed by atoms with van der Waals surface area (Å²) in [6.45, 7) is 9.35. The first-order valence-corrected chi connectivity index (χ1v) is 18.9. The van der Waals surface area contributed by atoms with E-state index in [1.165, 1.54) is 66.8 Å². The summed E-state index contributed by atoms with van der Waals surface area (Å²) in [5.41, 5.74) is 20.5. The third-order valence-electron chi connectivity index (χ3n) is 11.9. The van der Waals surface area contributed by atoms with Gasteiger partial charge >= 0.3 is 0 Å². The largest absolute Gasteiger partial charge is 0.228 e. The van der Waals surface area contributed by atoms with Gasteiger partial charge in [0.05, 0.1) is 11.4 Å². The Bertz CT molecular complexity index is 2600. The van der Waals surface area contributed by atoms with Gasteiger partial charge in [-0.05, 0) is 97.1 Å². The van der Waals surface area contributed by atoms with Gasteiger partial charge in [-0.3, -0.25) is 0 Å². The van der Waals surface area contributed by atoms with Crippen LogP contribution >= 0.6 is 0 Å². The molecule has 2 aliphatic rings. The number of benzene rings is 7. The number of hydrogen-bond donors (Lipinski definition) is 0. The molecule has 10 rings (SSSR count). The Morgan fingerprint density at radius 1 is 0.296 bits per heavy atom. The number of aromatic nitrogens is 2. The van der Waals surface area contributed by atoms with Gasteiger partial charge < -0.3 is 0 Å². The first-order valence-electron chi connectivity index (χ1n) is 18.9. The van der Waals surface area contributed by atoms with Gasteiger partial charge in [-0.15, -0.1) is 0 Å². The van der Waals surface area contributed by atoms with Crippen LogP contribution in [0.4, 0.5) is 0 Å². The van der Waals surface area contributed by atoms with Crippen molar-refractivity contribution in [3.05, 3.63) is 192 Å². The number of hydrogen-bond acceptors (Lipinski definition) is 2. The molecule has 0 saturated heterocycles. The minimum absolute atomic E-state index is 0.0543. The molecular weight excluding hydrogens is 653 g/mol. The standard InChI is InChI=1S/C52H40N2/c1-51(2)44-22-10-8-20-40(44)42-26-24-36(30-46(42)51)34-16-12-18-38(28-34)48-32-49(54-50(53-48)33-14-6-5-7-15-33)39-19-13-17-35(29-39)37-25-27-43-41-21-9-11-23-45(41)52(3,4)47(43)31-37/h5-32H,1-4H3. The van der Waals surface area contributed by atoms with Crippen molar-refractivity contribution in [2.75, 3.05) is 0 Å². The molecule has 54 heavy (non-hydrogen) atoms. The fraction of sp³-hybridized carbons (Fsp3) is 0.115. The summed E-state index contributed by atoms with van der Waals surface area (Å²) in [4.78, 5) is 10.4. The van der Waals surface area contributed by atoms with E-state index >= 15 is 0 Å². The zero-order chi connectivity index (χ0) is 36.6. The van der Waals surface area contributed by atoms with Crippen molar-refractivity contribution in [3.8, 4) is 78.4 Å². The number of rotatable bonds is 5. The molecule has 0 spiro atoms. The van der Waals surface area contributed by atoms with Gasteiger partial charge in [0, 0.05) is 27.5 Å². The Labute approximate surface area is 317 Å². The molecule has 2 nitrogen and oxygen atoms in total. The van der Waals surface area contributed by atoms with E-state index in [4.69, 9.17) is 9.97 Å². The van der Waals surface area contributed by atoms with Crippen molar-refractivity contribution in [2.24, 2.45) is 0 Å². The molecule has 0 bridgehead atoms. The molecule has 2 heteroatoms. The molecule has 0 fully saturated rings. The van der Waals surface area contributed by atoms with Gasteiger partial charge in [0.2, 0.25) is 0 Å². The Kier molecular flexibility index (Phi) is 7.22. The fourth-order valence-corrected chi connectivity index (χ4v) is 8.94. The second kappa shape index (κ2) is 12.1. The summed E-state index contributed by atoms with van der Waals surface area (Å²) in [6.07, 6.45) is 0. The van der Waals surface area contributed by atoms with Crippen LogP contribution in [0.2, 0.25) is 0 Å². The fourth-order valence-electron chi connectivity index (χ4n) is 8.94. The minimum atomic E-state index is -0.0543. The first kappa shape index (κ1) is 32.3. The van der Waals surface area contributed by atoms with Crippen molar-refractivity contribution >= 4 is 0 Å². The van der Waals surface area contributed by atoms with E-state index in [0.29, 0.717) is 5.82 Å². The topological polar surface area (TPSA) is 25.8 Å². The Balaban J connectivity index is 1.05. The maximum absolute atomic E-state index is 5.19. The van der Waals surface area contributed by atoms with Crippen LogP contribution in [-0.4, -0.2) is 9.97 Å². The molecule has 7 aromatic carbocycles. The van der Waals surface area contributed by atoms with Crippen LogP contribution in [0.25, 0.3) is 78.4 Å². The SMILES string of the molecule is CC1(C)c2ccccc2-c2ccc(-c3cccc(-c4cc(-c5cccc(-c6ccc7c(c6)C(C)(C)c6ccccc6-7)c5)nc(-c5ccccc5)n4)c3)cc21. The summed E-state index contributed by atoms with van der Waals surface area (Å²) < 4.78 is 0. The average Bonchev–Trinajstić information content (AvgIpc) is 3.60. The molecule has 0 aliphatic heterocycles. The number of fused-ring (bicyclic) bond motifs is 6. The van der Waals surface area contributed by atoms with Crippen LogP contribution in [0.15, 0.2) is 170 Å². The summed E-state index contributed by atoms with van der Waals surface area (Å²) in [5, 5.41) is 0. The Morgan fingerprint density at radius 3 is 1.19 bits per heavy atom. The molecule has 0 N–H and O–H groups in total. The van der Waals surface area contributed by atoms with Crippen molar-refractivity contribution in [2.45, 2.75) is 38.5 Å². The average molecular weight is 693 g/mol. The summed E-state index contributed by atoms with van der Waals surface area (Å²) in [7, 11) is 0. The highest BCUT2D eigenvalue weighted by Crippen LogP contribution is 2.51. The van der Waals surface area contributed by atoms with Crippen molar-refractivity contribution in [1.82, 2.24) is 9.97 Å². The minimum Gasteiger partial charge on any atom is -0.228 e. The molecule has 8 aromatic rings. The molecule has 1 heterocycles. The summed E-state index contributed by atoms with van der Waals surface area (Å²) in [5.74, 6) is 0.716. The van der Waals surface area contributed by atoms with E-state index in [0.717, 1.165) is 28.1 Å². The van der Waals surface area contributed by atoms with Crippen molar-refractivity contribution < 1.29 is 0 Å². The molecule has 0 unspecified atom stereocenters. The molecule has 2 aliphatic carbocycles. The van der Waals surface area contributed by atoms with E-state index in [1.807, 2.05) is 18.2 Å². The highest BCUT2D eigenvalue weighted by molar-refractivity contribution is 5.86. The van der Waals surface area contributed by atoms with Crippen molar-refractivity contribution in [1.29, 1.82) is 0 Å². The van der Waals surface area contributed by atoms with Crippen LogP contribution in [0.5, 0.6) is 0 Å². The van der Waals surface area contributed by atoms with Gasteiger partial charge in [0.1, 0.15) is 0 Å². The van der Waals surface area contributed by atoms with Crippen LogP contribution in [0.1, 0.15) is 49.9 Å². The maximum atomic E-state index is 5.19. The lowest BCUT2D eigenvalue weighted by molar-refractivity contribution is 0.660. The second-order valence-corrected chi connectivity index (χ2v) is 15.9. The van der Waals surface area contributed by atoms with E-state index in [-0.39, 0.29) is 10.8 Å². The smallest absolute Gasteiger partial charge is 0.160 e. The Morgan fingerprint density at radius 2 is 0.685 bits per heavy atom. The molecule has 1 aromatic heterocycles. The first-order chi connectivity index (χ1) is 26.3. The number of nitrogens with zero attached hydrogens (tertiary/aromatic N) is 2. The predicted molar refractivity (Wildman–Crippen MR) is 224 cm³/mol. The van der Waals surface area contributed by atoms with Crippen LogP contribution in [-0.2, 0) is 10.8 Å². The predicted octanol–water partition coefficient (Wildman–Crippen LogP) is 13.4. The van der Waals surface area contributed by atoms with Gasteiger partial charge in [-0.2, -0.15) is 0 Å². The molecule has 0 saturated carbocycles. The lowest BCUT2D eigenvalue weighted by Gasteiger charge is -2.22. The van der Waals surface area contributed by atoms with Crippen LogP contribution in [0, 0.1) is 0 Å². The zero-order valence-corrected chi connectivity index (χ0v) is 31.1. The van der Waals surface area contributed by atoms with Gasteiger partial charge in [0.15, 0.2) is 5.82 Å². The van der Waals surface area contributed by atoms with E-state index < -0.39 is 0 Å². The third-order valence-corrected chi connectivity index (χ3v) is 11.9. The lowest BCUT2D eigenvalue weighted by Crippen LogP contribution is -2.14. The molecule has 258 valence electrons. The van der Waals surface area contributed by atoms with E-state index in [9.17, 15) is 0 Å². The Hall–Kier alpha value is -6.38. The lowest BCUT2D eigenvalue weighted by atomic mass is 9.81. The summed E-state index contributed by atoms with van der Waals surface area (Å²) in [6, 6.07) is 61.6. The van der Waals surface area contributed by atoms with E-state index in [2.05, 4.69) is 179 Å². The van der Waals surface area contributed by atoms with Gasteiger partial charge in [-0.1, -0.05) is 167 Å². The zero-order valence-electron chi connectivity index (χ0n) is 31.1. The third kappa shape index (κ3) is 5.09. The quantitative estimate of drug-likeness (QED) is 0.179. The monoisotopic (exact) mass is 692 g/mol. The maximum Gasteiger partial charge on any atom is 0.160 e. The molecular formula is C52H40N2. The normalized spacial score (nSPS) is 14.2.